The Morgan fingerprint density at radius 1 is 1.32 bits per heavy atom. The van der Waals surface area contributed by atoms with E-state index >= 15 is 0 Å². The van der Waals surface area contributed by atoms with Crippen LogP contribution in [0.4, 0.5) is 0 Å². The molecule has 0 amide bonds. The fourth-order valence-electron chi connectivity index (χ4n) is 2.58. The molecule has 3 heteroatoms. The number of allylic oxidation sites excluding steroid dienone is 2. The zero-order valence-corrected chi connectivity index (χ0v) is 12.8. The first-order chi connectivity index (χ1) is 9.21. The van der Waals surface area contributed by atoms with Crippen molar-refractivity contribution in [2.45, 2.75) is 45.1 Å². The molecule has 0 aromatic heterocycles. The van der Waals surface area contributed by atoms with Crippen molar-refractivity contribution in [2.24, 2.45) is 0 Å². The molecule has 0 N–H and O–H groups in total. The van der Waals surface area contributed by atoms with Crippen LogP contribution in [0.1, 0.15) is 39.0 Å². The molecule has 0 aromatic rings. The van der Waals surface area contributed by atoms with Crippen LogP contribution in [0.25, 0.3) is 0 Å². The standard InChI is InChI=1S/C16H29NO2/c1-5-15(18-3)16(19-4)13-14(2)9-8-12-17-10-6-7-11-17/h13,15H,2,5-12H2,1,3-4H3/b16-13+. The summed E-state index contributed by atoms with van der Waals surface area (Å²) in [6.45, 7) is 9.95. The maximum atomic E-state index is 5.41. The Morgan fingerprint density at radius 2 is 2.00 bits per heavy atom. The Kier molecular flexibility index (Phi) is 7.84. The minimum atomic E-state index is 0.0420. The van der Waals surface area contributed by atoms with E-state index in [9.17, 15) is 0 Å². The third-order valence-electron chi connectivity index (χ3n) is 3.73. The van der Waals surface area contributed by atoms with Gasteiger partial charge in [-0.3, -0.25) is 0 Å². The molecule has 1 unspecified atom stereocenters. The highest BCUT2D eigenvalue weighted by molar-refractivity contribution is 5.19. The van der Waals surface area contributed by atoms with Gasteiger partial charge in [0.05, 0.1) is 7.11 Å². The Morgan fingerprint density at radius 3 is 2.53 bits per heavy atom. The van der Waals surface area contributed by atoms with Gasteiger partial charge in [0.25, 0.3) is 0 Å². The monoisotopic (exact) mass is 267 g/mol. The first kappa shape index (κ1) is 16.3. The summed E-state index contributed by atoms with van der Waals surface area (Å²) in [5.41, 5.74) is 1.13. The van der Waals surface area contributed by atoms with Gasteiger partial charge >= 0.3 is 0 Å². The third-order valence-corrected chi connectivity index (χ3v) is 3.73. The van der Waals surface area contributed by atoms with Gasteiger partial charge in [-0.05, 0) is 57.8 Å². The van der Waals surface area contributed by atoms with Crippen molar-refractivity contribution >= 4 is 0 Å². The van der Waals surface area contributed by atoms with Crippen LogP contribution in [0, 0.1) is 0 Å². The second-order valence-corrected chi connectivity index (χ2v) is 5.19. The third kappa shape index (κ3) is 5.79. The van der Waals surface area contributed by atoms with Gasteiger partial charge in [-0.1, -0.05) is 19.1 Å². The lowest BCUT2D eigenvalue weighted by atomic mass is 10.1. The van der Waals surface area contributed by atoms with Gasteiger partial charge in [-0.2, -0.15) is 0 Å². The van der Waals surface area contributed by atoms with E-state index < -0.39 is 0 Å². The maximum absolute atomic E-state index is 5.41. The fourth-order valence-corrected chi connectivity index (χ4v) is 2.58. The van der Waals surface area contributed by atoms with Gasteiger partial charge in [0.15, 0.2) is 0 Å². The molecule has 0 aromatic carbocycles. The average Bonchev–Trinajstić information content (AvgIpc) is 2.92. The Balaban J connectivity index is 2.33. The van der Waals surface area contributed by atoms with Crippen LogP contribution in [-0.2, 0) is 9.47 Å². The van der Waals surface area contributed by atoms with Crippen molar-refractivity contribution in [3.8, 4) is 0 Å². The van der Waals surface area contributed by atoms with Crippen LogP contribution in [-0.4, -0.2) is 44.9 Å². The predicted molar refractivity (Wildman–Crippen MR) is 80.2 cm³/mol. The Labute approximate surface area is 118 Å². The van der Waals surface area contributed by atoms with Gasteiger partial charge in [0.1, 0.15) is 11.9 Å². The van der Waals surface area contributed by atoms with Crippen LogP contribution in [0.15, 0.2) is 24.0 Å². The maximum Gasteiger partial charge on any atom is 0.125 e. The summed E-state index contributed by atoms with van der Waals surface area (Å²) in [5, 5.41) is 0. The summed E-state index contributed by atoms with van der Waals surface area (Å²) < 4.78 is 10.8. The Hall–Kier alpha value is -0.800. The molecule has 0 bridgehead atoms. The number of hydrogen-bond acceptors (Lipinski definition) is 3. The molecule has 19 heavy (non-hydrogen) atoms. The van der Waals surface area contributed by atoms with E-state index in [1.165, 1.54) is 38.9 Å². The molecule has 1 rings (SSSR count). The van der Waals surface area contributed by atoms with E-state index in [4.69, 9.17) is 9.47 Å². The molecule has 1 atom stereocenters. The van der Waals surface area contributed by atoms with Gasteiger partial charge in [0.2, 0.25) is 0 Å². The smallest absolute Gasteiger partial charge is 0.125 e. The first-order valence-corrected chi connectivity index (χ1v) is 7.39. The second-order valence-electron chi connectivity index (χ2n) is 5.19. The van der Waals surface area contributed by atoms with Crippen molar-refractivity contribution in [3.63, 3.8) is 0 Å². The minimum Gasteiger partial charge on any atom is -0.498 e. The van der Waals surface area contributed by atoms with Crippen molar-refractivity contribution in [2.75, 3.05) is 33.9 Å². The normalized spacial score (nSPS) is 18.6. The largest absolute Gasteiger partial charge is 0.498 e. The lowest BCUT2D eigenvalue weighted by molar-refractivity contribution is 0.0762. The summed E-state index contributed by atoms with van der Waals surface area (Å²) in [5.74, 6) is 0.885. The van der Waals surface area contributed by atoms with E-state index in [1.807, 2.05) is 6.08 Å². The molecular formula is C16H29NO2. The van der Waals surface area contributed by atoms with Crippen LogP contribution >= 0.6 is 0 Å². The molecule has 110 valence electrons. The van der Waals surface area contributed by atoms with Crippen molar-refractivity contribution in [3.05, 3.63) is 24.0 Å². The number of methoxy groups -OCH3 is 2. The minimum absolute atomic E-state index is 0.0420. The fraction of sp³-hybridized carbons (Fsp3) is 0.750. The van der Waals surface area contributed by atoms with Crippen molar-refractivity contribution in [1.29, 1.82) is 0 Å². The van der Waals surface area contributed by atoms with Crippen LogP contribution in [0.5, 0.6) is 0 Å². The molecule has 3 nitrogen and oxygen atoms in total. The topological polar surface area (TPSA) is 21.7 Å². The molecule has 0 radical (unpaired) electrons. The molecule has 1 aliphatic heterocycles. The highest BCUT2D eigenvalue weighted by Gasteiger charge is 2.13. The molecule has 1 fully saturated rings. The second kappa shape index (κ2) is 9.16. The number of likely N-dealkylation sites (tertiary alicyclic amines) is 1. The number of hydrogen-bond donors (Lipinski definition) is 0. The summed E-state index contributed by atoms with van der Waals surface area (Å²) in [7, 11) is 3.42. The summed E-state index contributed by atoms with van der Waals surface area (Å²) in [6.07, 6.45) is 7.93. The lowest BCUT2D eigenvalue weighted by Gasteiger charge is -2.17. The Bertz CT molecular complexity index is 289. The van der Waals surface area contributed by atoms with Crippen molar-refractivity contribution in [1.82, 2.24) is 4.90 Å². The molecule has 0 saturated carbocycles. The first-order valence-electron chi connectivity index (χ1n) is 7.39. The van der Waals surface area contributed by atoms with Gasteiger partial charge in [-0.15, -0.1) is 0 Å². The predicted octanol–water partition coefficient (Wildman–Crippen LogP) is 3.37. The van der Waals surface area contributed by atoms with Crippen LogP contribution in [0.3, 0.4) is 0 Å². The molecule has 1 aliphatic rings. The number of nitrogens with zero attached hydrogens (tertiary/aromatic N) is 1. The van der Waals surface area contributed by atoms with Gasteiger partial charge in [-0.25, -0.2) is 0 Å². The van der Waals surface area contributed by atoms with Gasteiger partial charge in [0, 0.05) is 7.11 Å². The number of rotatable bonds is 9. The van der Waals surface area contributed by atoms with E-state index in [-0.39, 0.29) is 6.10 Å². The highest BCUT2D eigenvalue weighted by Crippen LogP contribution is 2.16. The molecule has 0 aliphatic carbocycles. The molecule has 1 heterocycles. The quantitative estimate of drug-likeness (QED) is 0.472. The molecular weight excluding hydrogens is 238 g/mol. The average molecular weight is 267 g/mol. The van der Waals surface area contributed by atoms with E-state index in [1.54, 1.807) is 14.2 Å². The lowest BCUT2D eigenvalue weighted by Crippen LogP contribution is -2.20. The van der Waals surface area contributed by atoms with E-state index in [0.29, 0.717) is 0 Å². The summed E-state index contributed by atoms with van der Waals surface area (Å²) in [6, 6.07) is 0. The SMILES string of the molecule is C=C(/C=C(/OC)C(CC)OC)CCCN1CCCC1. The van der Waals surface area contributed by atoms with Gasteiger partial charge < -0.3 is 14.4 Å². The van der Waals surface area contributed by atoms with E-state index in [2.05, 4.69) is 18.4 Å². The number of ether oxygens (including phenoxy) is 2. The van der Waals surface area contributed by atoms with Crippen LogP contribution < -0.4 is 0 Å². The molecule has 1 saturated heterocycles. The molecule has 0 spiro atoms. The zero-order valence-electron chi connectivity index (χ0n) is 12.8. The summed E-state index contributed by atoms with van der Waals surface area (Å²) >= 11 is 0. The summed E-state index contributed by atoms with van der Waals surface area (Å²) in [4.78, 5) is 2.54. The highest BCUT2D eigenvalue weighted by atomic mass is 16.5. The zero-order chi connectivity index (χ0) is 14.1. The van der Waals surface area contributed by atoms with Crippen molar-refractivity contribution < 1.29 is 9.47 Å². The van der Waals surface area contributed by atoms with Crippen LogP contribution in [0.2, 0.25) is 0 Å². The van der Waals surface area contributed by atoms with E-state index in [0.717, 1.165) is 24.2 Å².